The van der Waals surface area contributed by atoms with Crippen molar-refractivity contribution in [1.29, 1.82) is 0 Å². The van der Waals surface area contributed by atoms with Gasteiger partial charge >= 0.3 is 0 Å². The van der Waals surface area contributed by atoms with Gasteiger partial charge in [0.2, 0.25) is 0 Å². The van der Waals surface area contributed by atoms with Gasteiger partial charge in [-0.3, -0.25) is 0 Å². The van der Waals surface area contributed by atoms with Crippen LogP contribution in [-0.4, -0.2) is 0 Å². The zero-order valence-corrected chi connectivity index (χ0v) is 8.50. The summed E-state index contributed by atoms with van der Waals surface area (Å²) in [7, 11) is 0. The van der Waals surface area contributed by atoms with E-state index < -0.39 is 0 Å². The summed E-state index contributed by atoms with van der Waals surface area (Å²) in [5.41, 5.74) is 6.09. The standard InChI is InChI=1S/C12H14FNO/c13-9-6-7-12(11(14)8-9)15-10-4-2-1-3-5-10/h1-2,4,8H,3,5-7,14H2. The maximum Gasteiger partial charge on any atom is 0.127 e. The van der Waals surface area contributed by atoms with Crippen molar-refractivity contribution in [2.45, 2.75) is 25.7 Å². The van der Waals surface area contributed by atoms with E-state index >= 15 is 0 Å². The topological polar surface area (TPSA) is 35.2 Å². The zero-order chi connectivity index (χ0) is 10.7. The molecule has 80 valence electrons. The Kier molecular flexibility index (Phi) is 2.90. The third-order valence-electron chi connectivity index (χ3n) is 2.45. The second-order valence-corrected chi connectivity index (χ2v) is 3.67. The fourth-order valence-electron chi connectivity index (χ4n) is 1.63. The molecule has 0 spiro atoms. The molecule has 0 unspecified atom stereocenters. The van der Waals surface area contributed by atoms with Gasteiger partial charge in [0.15, 0.2) is 0 Å². The lowest BCUT2D eigenvalue weighted by molar-refractivity contribution is 0.267. The highest BCUT2D eigenvalue weighted by Crippen LogP contribution is 2.26. The summed E-state index contributed by atoms with van der Waals surface area (Å²) < 4.78 is 18.5. The van der Waals surface area contributed by atoms with E-state index in [9.17, 15) is 4.39 Å². The molecule has 2 rings (SSSR count). The lowest BCUT2D eigenvalue weighted by atomic mass is 10.1. The molecule has 2 nitrogen and oxygen atoms in total. The maximum absolute atomic E-state index is 12.9. The minimum atomic E-state index is -0.169. The molecule has 0 aromatic heterocycles. The molecule has 0 aromatic carbocycles. The normalized spacial score (nSPS) is 21.1. The molecule has 2 aliphatic carbocycles. The average Bonchev–Trinajstić information content (AvgIpc) is 2.24. The number of allylic oxidation sites excluding steroid dienone is 7. The van der Waals surface area contributed by atoms with Crippen LogP contribution in [0, 0.1) is 0 Å². The van der Waals surface area contributed by atoms with Crippen LogP contribution in [0.25, 0.3) is 0 Å². The van der Waals surface area contributed by atoms with Crippen LogP contribution in [0.4, 0.5) is 4.39 Å². The third-order valence-corrected chi connectivity index (χ3v) is 2.45. The van der Waals surface area contributed by atoms with Crippen molar-refractivity contribution in [2.24, 2.45) is 5.73 Å². The molecule has 0 amide bonds. The van der Waals surface area contributed by atoms with Crippen LogP contribution in [0.3, 0.4) is 0 Å². The molecule has 0 aliphatic heterocycles. The second kappa shape index (κ2) is 4.34. The Labute approximate surface area is 88.6 Å². The highest BCUT2D eigenvalue weighted by molar-refractivity contribution is 5.27. The molecule has 0 atom stereocenters. The first kappa shape index (κ1) is 10.0. The summed E-state index contributed by atoms with van der Waals surface area (Å²) in [5, 5.41) is 0. The van der Waals surface area contributed by atoms with Crippen LogP contribution in [0.2, 0.25) is 0 Å². The lowest BCUT2D eigenvalue weighted by Gasteiger charge is -2.18. The van der Waals surface area contributed by atoms with E-state index in [0.29, 0.717) is 24.3 Å². The van der Waals surface area contributed by atoms with E-state index in [1.165, 1.54) is 6.08 Å². The van der Waals surface area contributed by atoms with Crippen molar-refractivity contribution in [3.05, 3.63) is 47.3 Å². The Balaban J connectivity index is 2.08. The van der Waals surface area contributed by atoms with Gasteiger partial charge < -0.3 is 10.5 Å². The van der Waals surface area contributed by atoms with E-state index in [1.54, 1.807) is 0 Å². The molecule has 0 aromatic rings. The fraction of sp³-hybridized carbons (Fsp3) is 0.333. The number of halogens is 1. The van der Waals surface area contributed by atoms with Crippen molar-refractivity contribution >= 4 is 0 Å². The van der Waals surface area contributed by atoms with Crippen molar-refractivity contribution in [2.75, 3.05) is 0 Å². The van der Waals surface area contributed by atoms with Crippen LogP contribution < -0.4 is 5.73 Å². The first-order valence-corrected chi connectivity index (χ1v) is 5.14. The molecule has 0 bridgehead atoms. The van der Waals surface area contributed by atoms with Gasteiger partial charge in [-0.1, -0.05) is 12.2 Å². The molecule has 0 heterocycles. The van der Waals surface area contributed by atoms with Gasteiger partial charge in [-0.05, 0) is 18.6 Å². The molecule has 0 fully saturated rings. The van der Waals surface area contributed by atoms with Gasteiger partial charge in [-0.25, -0.2) is 4.39 Å². The van der Waals surface area contributed by atoms with Crippen LogP contribution in [0.15, 0.2) is 47.3 Å². The van der Waals surface area contributed by atoms with Gasteiger partial charge in [0.1, 0.15) is 17.3 Å². The van der Waals surface area contributed by atoms with E-state index in [2.05, 4.69) is 6.08 Å². The van der Waals surface area contributed by atoms with Crippen molar-refractivity contribution in [3.63, 3.8) is 0 Å². The van der Waals surface area contributed by atoms with Gasteiger partial charge in [-0.2, -0.15) is 0 Å². The monoisotopic (exact) mass is 207 g/mol. The average molecular weight is 207 g/mol. The zero-order valence-electron chi connectivity index (χ0n) is 8.50. The smallest absolute Gasteiger partial charge is 0.127 e. The van der Waals surface area contributed by atoms with E-state index in [0.717, 1.165) is 18.6 Å². The first-order valence-electron chi connectivity index (χ1n) is 5.14. The molecule has 15 heavy (non-hydrogen) atoms. The van der Waals surface area contributed by atoms with Gasteiger partial charge in [0.05, 0.1) is 5.70 Å². The highest BCUT2D eigenvalue weighted by atomic mass is 19.1. The number of ether oxygens (including phenoxy) is 1. The van der Waals surface area contributed by atoms with Gasteiger partial charge in [0, 0.05) is 19.3 Å². The number of hydrogen-bond acceptors (Lipinski definition) is 2. The number of nitrogens with two attached hydrogens (primary N) is 1. The Bertz CT molecular complexity index is 377. The fourth-order valence-corrected chi connectivity index (χ4v) is 1.63. The van der Waals surface area contributed by atoms with Crippen LogP contribution in [0.5, 0.6) is 0 Å². The summed E-state index contributed by atoms with van der Waals surface area (Å²) in [6.07, 6.45) is 10.1. The summed E-state index contributed by atoms with van der Waals surface area (Å²) in [6.45, 7) is 0. The summed E-state index contributed by atoms with van der Waals surface area (Å²) in [6, 6.07) is 0. The van der Waals surface area contributed by atoms with Crippen LogP contribution >= 0.6 is 0 Å². The maximum atomic E-state index is 12.9. The predicted octanol–water partition coefficient (Wildman–Crippen LogP) is 3.05. The minimum Gasteiger partial charge on any atom is -0.464 e. The SMILES string of the molecule is NC1=C(OC2=CC=CCC2)CCC(F)=C1. The third kappa shape index (κ3) is 2.49. The van der Waals surface area contributed by atoms with Crippen molar-refractivity contribution < 1.29 is 9.13 Å². The predicted molar refractivity (Wildman–Crippen MR) is 57.2 cm³/mol. The Morgan fingerprint density at radius 2 is 2.13 bits per heavy atom. The van der Waals surface area contributed by atoms with Gasteiger partial charge in [0.25, 0.3) is 0 Å². The molecule has 2 N–H and O–H groups in total. The molecular formula is C12H14FNO. The highest BCUT2D eigenvalue weighted by Gasteiger charge is 2.14. The lowest BCUT2D eigenvalue weighted by Crippen LogP contribution is -2.08. The van der Waals surface area contributed by atoms with E-state index in [1.807, 2.05) is 12.2 Å². The van der Waals surface area contributed by atoms with Crippen molar-refractivity contribution in [3.8, 4) is 0 Å². The number of rotatable bonds is 2. The molecule has 0 radical (unpaired) electrons. The van der Waals surface area contributed by atoms with Crippen molar-refractivity contribution in [1.82, 2.24) is 0 Å². The molecular weight excluding hydrogens is 193 g/mol. The minimum absolute atomic E-state index is 0.169. The second-order valence-electron chi connectivity index (χ2n) is 3.67. The van der Waals surface area contributed by atoms with E-state index in [-0.39, 0.29) is 5.83 Å². The van der Waals surface area contributed by atoms with Crippen LogP contribution in [-0.2, 0) is 4.74 Å². The van der Waals surface area contributed by atoms with E-state index in [4.69, 9.17) is 10.5 Å². The largest absolute Gasteiger partial charge is 0.464 e. The Morgan fingerprint density at radius 3 is 2.80 bits per heavy atom. The Hall–Kier alpha value is -1.51. The molecule has 0 saturated carbocycles. The quantitative estimate of drug-likeness (QED) is 0.755. The molecule has 3 heteroatoms. The van der Waals surface area contributed by atoms with Crippen LogP contribution in [0.1, 0.15) is 25.7 Å². The summed E-state index contributed by atoms with van der Waals surface area (Å²) >= 11 is 0. The first-order chi connectivity index (χ1) is 7.25. The molecule has 0 saturated heterocycles. The van der Waals surface area contributed by atoms with Gasteiger partial charge in [-0.15, -0.1) is 0 Å². The molecule has 2 aliphatic rings. The summed E-state index contributed by atoms with van der Waals surface area (Å²) in [5.74, 6) is 1.43. The summed E-state index contributed by atoms with van der Waals surface area (Å²) in [4.78, 5) is 0. The number of hydrogen-bond donors (Lipinski definition) is 1. The Morgan fingerprint density at radius 1 is 1.27 bits per heavy atom.